The lowest BCUT2D eigenvalue weighted by Crippen LogP contribution is -2.37. The molecule has 0 spiro atoms. The van der Waals surface area contributed by atoms with Gasteiger partial charge in [0.2, 0.25) is 11.8 Å². The van der Waals surface area contributed by atoms with Crippen molar-refractivity contribution in [3.05, 3.63) is 52.5 Å². The number of nitrogens with zero attached hydrogens (tertiary/aromatic N) is 1. The zero-order valence-corrected chi connectivity index (χ0v) is 15.5. The van der Waals surface area contributed by atoms with Crippen molar-refractivity contribution < 1.29 is 14.3 Å². The molecule has 0 saturated carbocycles. The highest BCUT2D eigenvalue weighted by atomic mass is 35.5. The lowest BCUT2D eigenvalue weighted by atomic mass is 10.1. The van der Waals surface area contributed by atoms with Crippen molar-refractivity contribution in [1.29, 1.82) is 0 Å². The van der Waals surface area contributed by atoms with Crippen LogP contribution in [-0.2, 0) is 9.59 Å². The zero-order chi connectivity index (χ0) is 18.6. The van der Waals surface area contributed by atoms with Gasteiger partial charge in [0.1, 0.15) is 12.3 Å². The Morgan fingerprint density at radius 2 is 1.88 bits per heavy atom. The van der Waals surface area contributed by atoms with E-state index < -0.39 is 0 Å². The highest BCUT2D eigenvalue weighted by Gasteiger charge is 2.19. The summed E-state index contributed by atoms with van der Waals surface area (Å²) < 4.78 is 5.26. The van der Waals surface area contributed by atoms with Gasteiger partial charge < -0.3 is 15.0 Å². The summed E-state index contributed by atoms with van der Waals surface area (Å²) in [6, 6.07) is 10.7. The molecule has 0 bridgehead atoms. The normalized spacial score (nSPS) is 10.3. The van der Waals surface area contributed by atoms with Crippen molar-refractivity contribution in [3.63, 3.8) is 0 Å². The number of nitrogens with one attached hydrogen (secondary N) is 1. The van der Waals surface area contributed by atoms with Crippen LogP contribution in [0.3, 0.4) is 0 Å². The molecule has 132 valence electrons. The number of ether oxygens (including phenoxy) is 1. The Balaban J connectivity index is 2.23. The fourth-order valence-corrected chi connectivity index (χ4v) is 2.66. The van der Waals surface area contributed by atoms with Crippen LogP contribution in [0.1, 0.15) is 18.1 Å². The summed E-state index contributed by atoms with van der Waals surface area (Å²) in [5.41, 5.74) is 3.04. The summed E-state index contributed by atoms with van der Waals surface area (Å²) in [5.74, 6) is 0.00228. The molecule has 0 aliphatic heterocycles. The van der Waals surface area contributed by atoms with E-state index in [4.69, 9.17) is 16.3 Å². The number of hydrogen-bond donors (Lipinski definition) is 1. The minimum absolute atomic E-state index is 0.117. The molecule has 0 aliphatic carbocycles. The standard InChI is InChI=1S/C19H21ClN2O3/c1-12-5-8-18(25-4)16(9-12)21-19(24)11-22(14(3)23)17-10-15(20)7-6-13(17)2/h5-10H,11H2,1-4H3,(H,21,24). The van der Waals surface area contributed by atoms with Crippen LogP contribution in [0.4, 0.5) is 11.4 Å². The van der Waals surface area contributed by atoms with Gasteiger partial charge >= 0.3 is 0 Å². The van der Waals surface area contributed by atoms with E-state index in [-0.39, 0.29) is 18.4 Å². The molecule has 2 rings (SSSR count). The van der Waals surface area contributed by atoms with E-state index in [1.165, 1.54) is 18.9 Å². The number of rotatable bonds is 5. The van der Waals surface area contributed by atoms with Crippen LogP contribution in [0.2, 0.25) is 5.02 Å². The Labute approximate surface area is 152 Å². The molecule has 0 fully saturated rings. The fourth-order valence-electron chi connectivity index (χ4n) is 2.49. The van der Waals surface area contributed by atoms with Gasteiger partial charge in [-0.1, -0.05) is 23.7 Å². The average molecular weight is 361 g/mol. The quantitative estimate of drug-likeness (QED) is 0.878. The molecule has 0 radical (unpaired) electrons. The maximum absolute atomic E-state index is 12.5. The summed E-state index contributed by atoms with van der Waals surface area (Å²) in [7, 11) is 1.54. The van der Waals surface area contributed by atoms with E-state index in [1.54, 1.807) is 18.2 Å². The first kappa shape index (κ1) is 18.8. The molecular formula is C19H21ClN2O3. The molecule has 2 amide bonds. The average Bonchev–Trinajstić information content (AvgIpc) is 2.55. The van der Waals surface area contributed by atoms with E-state index in [0.717, 1.165) is 11.1 Å². The highest BCUT2D eigenvalue weighted by molar-refractivity contribution is 6.31. The lowest BCUT2D eigenvalue weighted by molar-refractivity contribution is -0.120. The van der Waals surface area contributed by atoms with Crippen LogP contribution in [0.25, 0.3) is 0 Å². The molecule has 25 heavy (non-hydrogen) atoms. The van der Waals surface area contributed by atoms with E-state index >= 15 is 0 Å². The topological polar surface area (TPSA) is 58.6 Å². The summed E-state index contributed by atoms with van der Waals surface area (Å²) in [6.07, 6.45) is 0. The van der Waals surface area contributed by atoms with Crippen LogP contribution in [0, 0.1) is 13.8 Å². The van der Waals surface area contributed by atoms with Gasteiger partial charge in [0.15, 0.2) is 0 Å². The number of hydrogen-bond acceptors (Lipinski definition) is 3. The molecule has 6 heteroatoms. The van der Waals surface area contributed by atoms with Crippen LogP contribution in [0.15, 0.2) is 36.4 Å². The van der Waals surface area contributed by atoms with Gasteiger partial charge in [-0.3, -0.25) is 9.59 Å². The van der Waals surface area contributed by atoms with Crippen LogP contribution >= 0.6 is 11.6 Å². The number of benzene rings is 2. The van der Waals surface area contributed by atoms with Crippen molar-refractivity contribution in [2.45, 2.75) is 20.8 Å². The molecule has 0 heterocycles. The van der Waals surface area contributed by atoms with E-state index in [2.05, 4.69) is 5.32 Å². The number of carbonyl (C=O) groups is 2. The predicted octanol–water partition coefficient (Wildman–Crippen LogP) is 3.96. The van der Waals surface area contributed by atoms with Crippen molar-refractivity contribution in [1.82, 2.24) is 0 Å². The van der Waals surface area contributed by atoms with Gasteiger partial charge in [-0.05, 0) is 49.2 Å². The first-order valence-electron chi connectivity index (χ1n) is 7.80. The number of amides is 2. The highest BCUT2D eigenvalue weighted by Crippen LogP contribution is 2.27. The van der Waals surface area contributed by atoms with Crippen LogP contribution in [-0.4, -0.2) is 25.5 Å². The number of anilines is 2. The van der Waals surface area contributed by atoms with Crippen LogP contribution in [0.5, 0.6) is 5.75 Å². The summed E-state index contributed by atoms with van der Waals surface area (Å²) in [4.78, 5) is 25.9. The molecular weight excluding hydrogens is 340 g/mol. The Kier molecular flexibility index (Phi) is 6.04. The van der Waals surface area contributed by atoms with E-state index in [1.807, 2.05) is 32.0 Å². The second-order valence-electron chi connectivity index (χ2n) is 5.79. The first-order valence-corrected chi connectivity index (χ1v) is 8.18. The Morgan fingerprint density at radius 3 is 2.52 bits per heavy atom. The van der Waals surface area contributed by atoms with Gasteiger partial charge in [0.25, 0.3) is 0 Å². The maximum atomic E-state index is 12.5. The SMILES string of the molecule is COc1ccc(C)cc1NC(=O)CN(C(C)=O)c1cc(Cl)ccc1C. The molecule has 2 aromatic rings. The Hall–Kier alpha value is -2.53. The number of methoxy groups -OCH3 is 1. The molecule has 5 nitrogen and oxygen atoms in total. The second-order valence-corrected chi connectivity index (χ2v) is 6.22. The number of carbonyl (C=O) groups excluding carboxylic acids is 2. The molecule has 1 N–H and O–H groups in total. The minimum atomic E-state index is -0.321. The third-order valence-electron chi connectivity index (χ3n) is 3.77. The van der Waals surface area contributed by atoms with Gasteiger partial charge in [0, 0.05) is 17.6 Å². The Morgan fingerprint density at radius 1 is 1.16 bits per heavy atom. The van der Waals surface area contributed by atoms with E-state index in [0.29, 0.717) is 22.1 Å². The van der Waals surface area contributed by atoms with Gasteiger partial charge in [-0.15, -0.1) is 0 Å². The molecule has 2 aromatic carbocycles. The largest absolute Gasteiger partial charge is 0.495 e. The third-order valence-corrected chi connectivity index (χ3v) is 4.01. The minimum Gasteiger partial charge on any atom is -0.495 e. The fraction of sp³-hybridized carbons (Fsp3) is 0.263. The summed E-state index contributed by atoms with van der Waals surface area (Å²) >= 11 is 6.03. The zero-order valence-electron chi connectivity index (χ0n) is 14.7. The van der Waals surface area contributed by atoms with Gasteiger partial charge in [-0.2, -0.15) is 0 Å². The maximum Gasteiger partial charge on any atom is 0.244 e. The molecule has 0 aliphatic rings. The van der Waals surface area contributed by atoms with E-state index in [9.17, 15) is 9.59 Å². The predicted molar refractivity (Wildman–Crippen MR) is 101 cm³/mol. The summed E-state index contributed by atoms with van der Waals surface area (Å²) in [5, 5.41) is 3.31. The Bertz CT molecular complexity index is 805. The van der Waals surface area contributed by atoms with Crippen molar-refractivity contribution in [2.24, 2.45) is 0 Å². The third kappa shape index (κ3) is 4.73. The van der Waals surface area contributed by atoms with Crippen molar-refractivity contribution in [3.8, 4) is 5.75 Å². The summed E-state index contributed by atoms with van der Waals surface area (Å²) in [6.45, 7) is 5.09. The van der Waals surface area contributed by atoms with Gasteiger partial charge in [-0.25, -0.2) is 0 Å². The first-order chi connectivity index (χ1) is 11.8. The molecule has 0 saturated heterocycles. The molecule has 0 atom stereocenters. The van der Waals surface area contributed by atoms with Crippen molar-refractivity contribution >= 4 is 34.8 Å². The second kappa shape index (κ2) is 8.03. The van der Waals surface area contributed by atoms with Crippen LogP contribution < -0.4 is 15.0 Å². The lowest BCUT2D eigenvalue weighted by Gasteiger charge is -2.23. The van der Waals surface area contributed by atoms with Crippen molar-refractivity contribution in [2.75, 3.05) is 23.9 Å². The number of aryl methyl sites for hydroxylation is 2. The van der Waals surface area contributed by atoms with Gasteiger partial charge in [0.05, 0.1) is 12.8 Å². The monoisotopic (exact) mass is 360 g/mol. The molecule has 0 aromatic heterocycles. The molecule has 0 unspecified atom stereocenters. The smallest absolute Gasteiger partial charge is 0.244 e. The number of halogens is 1.